The molecule has 6 heteroatoms. The topological polar surface area (TPSA) is 75.0 Å². The molecule has 0 saturated heterocycles. The van der Waals surface area contributed by atoms with Gasteiger partial charge in [-0.25, -0.2) is 0 Å². The first-order valence-corrected chi connectivity index (χ1v) is 6.19. The van der Waals surface area contributed by atoms with Crippen LogP contribution in [-0.4, -0.2) is 36.5 Å². The van der Waals surface area contributed by atoms with E-state index in [9.17, 15) is 0 Å². The number of guanidine groups is 1. The Morgan fingerprint density at radius 2 is 2.28 bits per heavy atom. The highest BCUT2D eigenvalue weighted by Crippen LogP contribution is 2.71. The van der Waals surface area contributed by atoms with E-state index in [0.29, 0.717) is 5.41 Å². The average molecular weight is 249 g/mol. The van der Waals surface area contributed by atoms with Gasteiger partial charge in [0, 0.05) is 25.8 Å². The standard InChI is InChI=1S/C12H19N5O/c1-14-10(13)16-9-3-15-17(4-9)12-5-11(6-12,7-12)8-18-2/h3-4H,5-8H2,1-2H3,(H3,13,14,16). The van der Waals surface area contributed by atoms with Gasteiger partial charge in [-0.1, -0.05) is 0 Å². The van der Waals surface area contributed by atoms with E-state index >= 15 is 0 Å². The van der Waals surface area contributed by atoms with Gasteiger partial charge in [-0.15, -0.1) is 0 Å². The van der Waals surface area contributed by atoms with Gasteiger partial charge in [0.2, 0.25) is 0 Å². The SMILES string of the molecule is CNC(=N)Nc1cnn(C23CC(COC)(C2)C3)c1. The van der Waals surface area contributed by atoms with Crippen LogP contribution in [-0.2, 0) is 10.3 Å². The molecular weight excluding hydrogens is 230 g/mol. The fraction of sp³-hybridized carbons (Fsp3) is 0.667. The van der Waals surface area contributed by atoms with Crippen LogP contribution in [0.2, 0.25) is 0 Å². The second kappa shape index (κ2) is 3.71. The molecule has 0 atom stereocenters. The van der Waals surface area contributed by atoms with Crippen LogP contribution in [0.25, 0.3) is 0 Å². The maximum Gasteiger partial charge on any atom is 0.192 e. The van der Waals surface area contributed by atoms with E-state index in [1.807, 2.05) is 6.20 Å². The van der Waals surface area contributed by atoms with Gasteiger partial charge in [0.15, 0.2) is 5.96 Å². The first kappa shape index (κ1) is 11.5. The molecule has 0 radical (unpaired) electrons. The van der Waals surface area contributed by atoms with E-state index in [2.05, 4.69) is 20.4 Å². The van der Waals surface area contributed by atoms with Crippen LogP contribution in [0.4, 0.5) is 5.69 Å². The number of aromatic nitrogens is 2. The molecule has 0 amide bonds. The maximum absolute atomic E-state index is 7.52. The highest BCUT2D eigenvalue weighted by Gasteiger charge is 2.69. The largest absolute Gasteiger partial charge is 0.384 e. The summed E-state index contributed by atoms with van der Waals surface area (Å²) in [4.78, 5) is 0. The van der Waals surface area contributed by atoms with E-state index in [4.69, 9.17) is 10.1 Å². The molecule has 1 aromatic heterocycles. The first-order chi connectivity index (χ1) is 8.61. The molecule has 0 aliphatic heterocycles. The lowest BCUT2D eigenvalue weighted by molar-refractivity contribution is -0.217. The summed E-state index contributed by atoms with van der Waals surface area (Å²) in [5, 5.41) is 17.6. The number of hydrogen-bond acceptors (Lipinski definition) is 3. The smallest absolute Gasteiger partial charge is 0.192 e. The van der Waals surface area contributed by atoms with Crippen molar-refractivity contribution in [3.8, 4) is 0 Å². The van der Waals surface area contributed by atoms with Crippen LogP contribution >= 0.6 is 0 Å². The molecule has 3 saturated carbocycles. The van der Waals surface area contributed by atoms with Crippen molar-refractivity contribution in [1.82, 2.24) is 15.1 Å². The predicted molar refractivity (Wildman–Crippen MR) is 68.8 cm³/mol. The number of rotatable bonds is 4. The molecule has 3 fully saturated rings. The van der Waals surface area contributed by atoms with Gasteiger partial charge in [0.25, 0.3) is 0 Å². The van der Waals surface area contributed by atoms with Crippen molar-refractivity contribution in [3.63, 3.8) is 0 Å². The van der Waals surface area contributed by atoms with E-state index in [1.165, 1.54) is 19.3 Å². The Bertz CT molecular complexity index is 461. The van der Waals surface area contributed by atoms with Crippen LogP contribution in [0.15, 0.2) is 12.4 Å². The lowest BCUT2D eigenvalue weighted by Crippen LogP contribution is -2.69. The summed E-state index contributed by atoms with van der Waals surface area (Å²) in [6, 6.07) is 0. The lowest BCUT2D eigenvalue weighted by atomic mass is 9.39. The minimum atomic E-state index is 0.223. The molecule has 3 aliphatic rings. The van der Waals surface area contributed by atoms with Crippen molar-refractivity contribution >= 4 is 11.6 Å². The quantitative estimate of drug-likeness (QED) is 0.549. The summed E-state index contributed by atoms with van der Waals surface area (Å²) in [5.74, 6) is 0.281. The summed E-state index contributed by atoms with van der Waals surface area (Å²) in [5.41, 5.74) is 1.51. The Hall–Kier alpha value is -1.56. The Labute approximate surface area is 106 Å². The average Bonchev–Trinajstić information content (AvgIpc) is 2.69. The highest BCUT2D eigenvalue weighted by molar-refractivity contribution is 5.90. The maximum atomic E-state index is 7.52. The van der Waals surface area contributed by atoms with Gasteiger partial charge < -0.3 is 15.4 Å². The third-order valence-corrected chi connectivity index (χ3v) is 4.15. The first-order valence-electron chi connectivity index (χ1n) is 6.19. The lowest BCUT2D eigenvalue weighted by Gasteiger charge is -2.70. The number of methoxy groups -OCH3 is 1. The van der Waals surface area contributed by atoms with Crippen molar-refractivity contribution in [2.24, 2.45) is 5.41 Å². The zero-order valence-corrected chi connectivity index (χ0v) is 10.8. The minimum Gasteiger partial charge on any atom is -0.384 e. The van der Waals surface area contributed by atoms with Gasteiger partial charge in [-0.05, 0) is 19.3 Å². The van der Waals surface area contributed by atoms with Crippen LogP contribution in [0.3, 0.4) is 0 Å². The molecule has 1 heterocycles. The van der Waals surface area contributed by atoms with Crippen LogP contribution in [0, 0.1) is 10.8 Å². The number of nitrogens with one attached hydrogen (secondary N) is 3. The number of nitrogens with zero attached hydrogens (tertiary/aromatic N) is 2. The summed E-state index contributed by atoms with van der Waals surface area (Å²) < 4.78 is 7.31. The summed E-state index contributed by atoms with van der Waals surface area (Å²) in [7, 11) is 3.49. The second-order valence-corrected chi connectivity index (χ2v) is 5.61. The molecular formula is C12H19N5O. The molecule has 0 aromatic carbocycles. The van der Waals surface area contributed by atoms with Gasteiger partial charge in [0.1, 0.15) is 0 Å². The van der Waals surface area contributed by atoms with Crippen LogP contribution in [0.1, 0.15) is 19.3 Å². The highest BCUT2D eigenvalue weighted by atomic mass is 16.5. The fourth-order valence-corrected chi connectivity index (χ4v) is 3.49. The molecule has 1 aromatic rings. The van der Waals surface area contributed by atoms with E-state index in [-0.39, 0.29) is 11.5 Å². The fourth-order valence-electron chi connectivity index (χ4n) is 3.49. The second-order valence-electron chi connectivity index (χ2n) is 5.61. The zero-order chi connectivity index (χ0) is 12.8. The Kier molecular flexibility index (Phi) is 2.38. The number of ether oxygens (including phenoxy) is 1. The van der Waals surface area contributed by atoms with Crippen molar-refractivity contribution < 1.29 is 4.74 Å². The van der Waals surface area contributed by atoms with Crippen molar-refractivity contribution in [2.45, 2.75) is 24.8 Å². The number of hydrogen-bond donors (Lipinski definition) is 3. The summed E-state index contributed by atoms with van der Waals surface area (Å²) in [6.45, 7) is 0.867. The molecule has 6 nitrogen and oxygen atoms in total. The molecule has 2 bridgehead atoms. The molecule has 3 aliphatic carbocycles. The van der Waals surface area contributed by atoms with Gasteiger partial charge in [-0.3, -0.25) is 10.1 Å². The van der Waals surface area contributed by atoms with Gasteiger partial charge in [0.05, 0.1) is 24.0 Å². The van der Waals surface area contributed by atoms with E-state index < -0.39 is 0 Å². The van der Waals surface area contributed by atoms with E-state index in [1.54, 1.807) is 20.4 Å². The molecule has 4 rings (SSSR count). The Balaban J connectivity index is 1.64. The van der Waals surface area contributed by atoms with Crippen LogP contribution < -0.4 is 10.6 Å². The minimum absolute atomic E-state index is 0.223. The third kappa shape index (κ3) is 1.52. The zero-order valence-electron chi connectivity index (χ0n) is 10.8. The third-order valence-electron chi connectivity index (χ3n) is 4.15. The molecule has 3 N–H and O–H groups in total. The Morgan fingerprint density at radius 3 is 2.89 bits per heavy atom. The van der Waals surface area contributed by atoms with Gasteiger partial charge >= 0.3 is 0 Å². The normalized spacial score (nSPS) is 32.3. The molecule has 18 heavy (non-hydrogen) atoms. The summed E-state index contributed by atoms with van der Waals surface area (Å²) in [6.07, 6.45) is 7.26. The van der Waals surface area contributed by atoms with Crippen molar-refractivity contribution in [2.75, 3.05) is 26.1 Å². The monoisotopic (exact) mass is 249 g/mol. The van der Waals surface area contributed by atoms with Gasteiger partial charge in [-0.2, -0.15) is 5.10 Å². The Morgan fingerprint density at radius 1 is 1.56 bits per heavy atom. The van der Waals surface area contributed by atoms with Crippen molar-refractivity contribution in [1.29, 1.82) is 5.41 Å². The van der Waals surface area contributed by atoms with E-state index in [0.717, 1.165) is 12.3 Å². The molecule has 0 unspecified atom stereocenters. The van der Waals surface area contributed by atoms with Crippen LogP contribution in [0.5, 0.6) is 0 Å². The number of anilines is 1. The predicted octanol–water partition coefficient (Wildman–Crippen LogP) is 0.975. The van der Waals surface area contributed by atoms with Crippen molar-refractivity contribution in [3.05, 3.63) is 12.4 Å². The molecule has 0 spiro atoms. The summed E-state index contributed by atoms with van der Waals surface area (Å²) >= 11 is 0. The molecule has 98 valence electrons.